The third-order valence-electron chi connectivity index (χ3n) is 2.76. The summed E-state index contributed by atoms with van der Waals surface area (Å²) in [7, 11) is 1.58. The van der Waals surface area contributed by atoms with Crippen molar-refractivity contribution in [1.82, 2.24) is 0 Å². The largest absolute Gasteiger partial charge is 0.493 e. The number of aliphatic hydroxyl groups excluding tert-OH is 1. The second-order valence-electron chi connectivity index (χ2n) is 5.55. The van der Waals surface area contributed by atoms with Gasteiger partial charge in [-0.05, 0) is 44.9 Å². The summed E-state index contributed by atoms with van der Waals surface area (Å²) >= 11 is 0. The molecular weight excluding hydrogens is 258 g/mol. The van der Waals surface area contributed by atoms with Crippen molar-refractivity contribution in [3.8, 4) is 11.5 Å². The zero-order chi connectivity index (χ0) is 15.2. The molecule has 1 aromatic rings. The lowest BCUT2D eigenvalue weighted by atomic mass is 10.0. The van der Waals surface area contributed by atoms with Gasteiger partial charge in [-0.2, -0.15) is 0 Å². The monoisotopic (exact) mass is 283 g/mol. The van der Waals surface area contributed by atoms with E-state index in [1.807, 2.05) is 32.9 Å². The molecule has 0 saturated carbocycles. The van der Waals surface area contributed by atoms with Crippen LogP contribution in [0, 0.1) is 0 Å². The molecule has 0 fully saturated rings. The van der Waals surface area contributed by atoms with Gasteiger partial charge in [0.2, 0.25) is 0 Å². The standard InChI is InChI=1S/C15H25NO4/c1-15(2,3)20-10-19-13-6-5-11(9-14(13)18-4)12(16)7-8-17/h5-6,9,12,17H,7-8,10,16H2,1-4H3. The molecule has 0 aromatic heterocycles. The zero-order valence-electron chi connectivity index (χ0n) is 12.7. The van der Waals surface area contributed by atoms with Gasteiger partial charge in [0.25, 0.3) is 0 Å². The minimum Gasteiger partial charge on any atom is -0.493 e. The highest BCUT2D eigenvalue weighted by Gasteiger charge is 2.13. The first-order valence-electron chi connectivity index (χ1n) is 6.68. The Kier molecular flexibility index (Phi) is 6.26. The van der Waals surface area contributed by atoms with Crippen LogP contribution in [0.5, 0.6) is 11.5 Å². The van der Waals surface area contributed by atoms with Gasteiger partial charge < -0.3 is 25.1 Å². The Balaban J connectivity index is 2.73. The Morgan fingerprint density at radius 1 is 1.25 bits per heavy atom. The van der Waals surface area contributed by atoms with Crippen LogP contribution in [0.25, 0.3) is 0 Å². The Morgan fingerprint density at radius 2 is 1.95 bits per heavy atom. The van der Waals surface area contributed by atoms with Crippen LogP contribution in [0.15, 0.2) is 18.2 Å². The lowest BCUT2D eigenvalue weighted by molar-refractivity contribution is -0.0764. The van der Waals surface area contributed by atoms with Crippen molar-refractivity contribution in [3.63, 3.8) is 0 Å². The molecule has 0 spiro atoms. The van der Waals surface area contributed by atoms with E-state index in [0.29, 0.717) is 17.9 Å². The van der Waals surface area contributed by atoms with Crippen LogP contribution < -0.4 is 15.2 Å². The zero-order valence-corrected chi connectivity index (χ0v) is 12.7. The fraction of sp³-hybridized carbons (Fsp3) is 0.600. The van der Waals surface area contributed by atoms with Crippen LogP contribution in [0.4, 0.5) is 0 Å². The molecular formula is C15H25NO4. The van der Waals surface area contributed by atoms with Crippen LogP contribution in [0.3, 0.4) is 0 Å². The van der Waals surface area contributed by atoms with Crippen molar-refractivity contribution >= 4 is 0 Å². The van der Waals surface area contributed by atoms with E-state index in [1.165, 1.54) is 0 Å². The van der Waals surface area contributed by atoms with Crippen LogP contribution in [0.2, 0.25) is 0 Å². The Bertz CT molecular complexity index is 415. The number of benzene rings is 1. The van der Waals surface area contributed by atoms with Crippen LogP contribution in [-0.4, -0.2) is 31.2 Å². The SMILES string of the molecule is COc1cc(C(N)CCO)ccc1OCOC(C)(C)C. The predicted octanol–water partition coefficient (Wildman–Crippen LogP) is 2.23. The number of aliphatic hydroxyl groups is 1. The van der Waals surface area contributed by atoms with Crippen molar-refractivity contribution in [3.05, 3.63) is 23.8 Å². The maximum atomic E-state index is 8.92. The Hall–Kier alpha value is -1.30. The van der Waals surface area contributed by atoms with Gasteiger partial charge in [-0.1, -0.05) is 6.07 Å². The van der Waals surface area contributed by atoms with Crippen LogP contribution in [-0.2, 0) is 4.74 Å². The van der Waals surface area contributed by atoms with Gasteiger partial charge in [-0.3, -0.25) is 0 Å². The van der Waals surface area contributed by atoms with Crippen LogP contribution in [0.1, 0.15) is 38.8 Å². The molecule has 0 saturated heterocycles. The fourth-order valence-electron chi connectivity index (χ4n) is 1.61. The first kappa shape index (κ1) is 16.8. The van der Waals surface area contributed by atoms with Gasteiger partial charge in [0.1, 0.15) is 0 Å². The molecule has 5 nitrogen and oxygen atoms in total. The summed E-state index contributed by atoms with van der Waals surface area (Å²) in [4.78, 5) is 0. The topological polar surface area (TPSA) is 73.9 Å². The molecule has 0 aliphatic heterocycles. The highest BCUT2D eigenvalue weighted by Crippen LogP contribution is 2.30. The Labute approximate surface area is 120 Å². The highest BCUT2D eigenvalue weighted by molar-refractivity contribution is 5.43. The maximum Gasteiger partial charge on any atom is 0.189 e. The van der Waals surface area contributed by atoms with E-state index >= 15 is 0 Å². The van der Waals surface area contributed by atoms with Gasteiger partial charge in [0.15, 0.2) is 18.3 Å². The smallest absolute Gasteiger partial charge is 0.189 e. The molecule has 20 heavy (non-hydrogen) atoms. The average molecular weight is 283 g/mol. The van der Waals surface area contributed by atoms with E-state index in [4.69, 9.17) is 25.1 Å². The highest BCUT2D eigenvalue weighted by atomic mass is 16.7. The summed E-state index contributed by atoms with van der Waals surface area (Å²) in [5, 5.41) is 8.92. The molecule has 0 heterocycles. The lowest BCUT2D eigenvalue weighted by Crippen LogP contribution is -2.22. The second-order valence-corrected chi connectivity index (χ2v) is 5.55. The number of hydrogen-bond donors (Lipinski definition) is 2. The van der Waals surface area contributed by atoms with E-state index in [0.717, 1.165) is 5.56 Å². The molecule has 0 radical (unpaired) electrons. The number of ether oxygens (including phenoxy) is 3. The van der Waals surface area contributed by atoms with Crippen molar-refractivity contribution in [2.75, 3.05) is 20.5 Å². The molecule has 1 rings (SSSR count). The number of rotatable bonds is 7. The number of methoxy groups -OCH3 is 1. The number of hydrogen-bond acceptors (Lipinski definition) is 5. The van der Waals surface area contributed by atoms with Crippen molar-refractivity contribution in [2.45, 2.75) is 38.8 Å². The molecule has 114 valence electrons. The van der Waals surface area contributed by atoms with Crippen molar-refractivity contribution in [1.29, 1.82) is 0 Å². The first-order valence-corrected chi connectivity index (χ1v) is 6.68. The van der Waals surface area contributed by atoms with E-state index < -0.39 is 0 Å². The minimum absolute atomic E-state index is 0.0567. The fourth-order valence-corrected chi connectivity index (χ4v) is 1.61. The normalized spacial score (nSPS) is 13.1. The maximum absolute atomic E-state index is 8.92. The minimum atomic E-state index is -0.253. The van der Waals surface area contributed by atoms with E-state index in [2.05, 4.69) is 0 Å². The van der Waals surface area contributed by atoms with E-state index in [9.17, 15) is 0 Å². The predicted molar refractivity (Wildman–Crippen MR) is 78.0 cm³/mol. The quantitative estimate of drug-likeness (QED) is 0.751. The Morgan fingerprint density at radius 3 is 2.50 bits per heavy atom. The first-order chi connectivity index (χ1) is 9.37. The summed E-state index contributed by atoms with van der Waals surface area (Å²) in [6.45, 7) is 6.10. The van der Waals surface area contributed by atoms with Gasteiger partial charge in [-0.25, -0.2) is 0 Å². The van der Waals surface area contributed by atoms with Gasteiger partial charge in [0, 0.05) is 12.6 Å². The van der Waals surface area contributed by atoms with E-state index in [1.54, 1.807) is 13.2 Å². The average Bonchev–Trinajstić information content (AvgIpc) is 2.37. The summed E-state index contributed by atoms with van der Waals surface area (Å²) in [5.74, 6) is 1.21. The van der Waals surface area contributed by atoms with Crippen LogP contribution >= 0.6 is 0 Å². The molecule has 0 amide bonds. The van der Waals surface area contributed by atoms with Gasteiger partial charge in [0.05, 0.1) is 12.7 Å². The van der Waals surface area contributed by atoms with E-state index in [-0.39, 0.29) is 25.0 Å². The summed E-state index contributed by atoms with van der Waals surface area (Å²) in [6, 6.07) is 5.29. The molecule has 5 heteroatoms. The molecule has 0 bridgehead atoms. The molecule has 1 aromatic carbocycles. The second kappa shape index (κ2) is 7.47. The summed E-state index contributed by atoms with van der Waals surface area (Å²) in [5.41, 5.74) is 6.60. The third kappa shape index (κ3) is 5.36. The van der Waals surface area contributed by atoms with Crippen molar-refractivity contribution in [2.24, 2.45) is 5.73 Å². The molecule has 0 aliphatic carbocycles. The lowest BCUT2D eigenvalue weighted by Gasteiger charge is -2.20. The molecule has 3 N–H and O–H groups in total. The molecule has 0 aliphatic rings. The third-order valence-corrected chi connectivity index (χ3v) is 2.76. The summed E-state index contributed by atoms with van der Waals surface area (Å²) < 4.78 is 16.4. The summed E-state index contributed by atoms with van der Waals surface area (Å²) in [6.07, 6.45) is 0.510. The van der Waals surface area contributed by atoms with Gasteiger partial charge in [-0.15, -0.1) is 0 Å². The van der Waals surface area contributed by atoms with Crippen molar-refractivity contribution < 1.29 is 19.3 Å². The number of nitrogens with two attached hydrogens (primary N) is 1. The molecule has 1 unspecified atom stereocenters. The van der Waals surface area contributed by atoms with Gasteiger partial charge >= 0.3 is 0 Å². The molecule has 1 atom stereocenters.